The molecule has 1 aliphatic carbocycles. The maximum atomic E-state index is 5.23. The highest BCUT2D eigenvalue weighted by atomic mass is 16.3. The van der Waals surface area contributed by atoms with Crippen LogP contribution in [0.1, 0.15) is 30.4 Å². The quantitative estimate of drug-likeness (QED) is 0.751. The average molecular weight is 251 g/mol. The summed E-state index contributed by atoms with van der Waals surface area (Å²) in [6.45, 7) is 0. The summed E-state index contributed by atoms with van der Waals surface area (Å²) in [6, 6.07) is 8.69. The summed E-state index contributed by atoms with van der Waals surface area (Å²) in [5.41, 5.74) is 5.72. The number of aliphatic imine (C=N–C) groups is 1. The molecule has 0 N–H and O–H groups in total. The number of hydrogen-bond acceptors (Lipinski definition) is 2. The van der Waals surface area contributed by atoms with Gasteiger partial charge in [0.25, 0.3) is 0 Å². The van der Waals surface area contributed by atoms with Crippen molar-refractivity contribution in [1.29, 1.82) is 0 Å². The highest BCUT2D eigenvalue weighted by Gasteiger charge is 2.36. The molecule has 2 nitrogen and oxygen atoms in total. The average Bonchev–Trinajstić information content (AvgIpc) is 3.10. The maximum absolute atomic E-state index is 5.23. The first kappa shape index (κ1) is 11.0. The molecule has 1 atom stereocenters. The van der Waals surface area contributed by atoms with Crippen molar-refractivity contribution >= 4 is 6.21 Å². The molecule has 2 heterocycles. The zero-order chi connectivity index (χ0) is 12.7. The normalized spacial score (nSPS) is 24.8. The zero-order valence-corrected chi connectivity index (χ0v) is 10.9. The van der Waals surface area contributed by atoms with Gasteiger partial charge < -0.3 is 4.42 Å². The fraction of sp³-hybridized carbons (Fsp3) is 0.353. The molecule has 0 saturated heterocycles. The first-order valence-corrected chi connectivity index (χ1v) is 7.03. The predicted octanol–water partition coefficient (Wildman–Crippen LogP) is 4.04. The number of fused-ring (bicyclic) bond motifs is 1. The highest BCUT2D eigenvalue weighted by Crippen LogP contribution is 2.40. The van der Waals surface area contributed by atoms with E-state index in [4.69, 9.17) is 9.41 Å². The fourth-order valence-electron chi connectivity index (χ4n) is 3.56. The van der Waals surface area contributed by atoms with E-state index in [0.29, 0.717) is 0 Å². The second-order valence-electron chi connectivity index (χ2n) is 5.71. The van der Waals surface area contributed by atoms with E-state index in [9.17, 15) is 0 Å². The molecule has 1 unspecified atom stereocenters. The Labute approximate surface area is 113 Å². The van der Waals surface area contributed by atoms with Gasteiger partial charge in [-0.25, -0.2) is 0 Å². The Balaban J connectivity index is 1.78. The van der Waals surface area contributed by atoms with E-state index in [1.807, 2.05) is 12.3 Å². The zero-order valence-electron chi connectivity index (χ0n) is 10.9. The van der Waals surface area contributed by atoms with Crippen molar-refractivity contribution in [2.24, 2.45) is 4.99 Å². The van der Waals surface area contributed by atoms with Crippen LogP contribution in [0.4, 0.5) is 0 Å². The third-order valence-corrected chi connectivity index (χ3v) is 4.57. The molecule has 1 spiro atoms. The lowest BCUT2D eigenvalue weighted by molar-refractivity contribution is 0.375. The summed E-state index contributed by atoms with van der Waals surface area (Å²) >= 11 is 0. The smallest absolute Gasteiger partial charge is 0.0981 e. The van der Waals surface area contributed by atoms with Crippen LogP contribution in [0.3, 0.4) is 0 Å². The number of rotatable bonds is 1. The van der Waals surface area contributed by atoms with Crippen molar-refractivity contribution in [3.8, 4) is 11.1 Å². The molecule has 4 rings (SSSR count). The summed E-state index contributed by atoms with van der Waals surface area (Å²) in [6.07, 6.45) is 11.5. The summed E-state index contributed by atoms with van der Waals surface area (Å²) in [4.78, 5) is 4.77. The van der Waals surface area contributed by atoms with E-state index in [2.05, 4.69) is 24.4 Å². The molecule has 0 saturated carbocycles. The van der Waals surface area contributed by atoms with Crippen LogP contribution in [0, 0.1) is 0 Å². The van der Waals surface area contributed by atoms with Crippen LogP contribution in [0.2, 0.25) is 0 Å². The molecule has 0 bridgehead atoms. The topological polar surface area (TPSA) is 25.5 Å². The predicted molar refractivity (Wildman–Crippen MR) is 76.6 cm³/mol. The van der Waals surface area contributed by atoms with Gasteiger partial charge in [0.1, 0.15) is 0 Å². The van der Waals surface area contributed by atoms with Crippen LogP contribution < -0.4 is 0 Å². The van der Waals surface area contributed by atoms with Crippen LogP contribution in [0.15, 0.2) is 46.2 Å². The van der Waals surface area contributed by atoms with Crippen molar-refractivity contribution in [3.63, 3.8) is 0 Å². The second-order valence-corrected chi connectivity index (χ2v) is 5.71. The van der Waals surface area contributed by atoms with Crippen LogP contribution >= 0.6 is 0 Å². The van der Waals surface area contributed by atoms with Crippen LogP contribution in [-0.2, 0) is 12.8 Å². The monoisotopic (exact) mass is 251 g/mol. The summed E-state index contributed by atoms with van der Waals surface area (Å²) in [5.74, 6) is 0. The molecule has 0 amide bonds. The Bertz CT molecular complexity index is 627. The van der Waals surface area contributed by atoms with E-state index >= 15 is 0 Å². The van der Waals surface area contributed by atoms with E-state index in [1.54, 1.807) is 6.26 Å². The third kappa shape index (κ3) is 1.74. The summed E-state index contributed by atoms with van der Waals surface area (Å²) in [5, 5.41) is 0. The minimum Gasteiger partial charge on any atom is -0.472 e. The van der Waals surface area contributed by atoms with Crippen molar-refractivity contribution in [3.05, 3.63) is 47.9 Å². The van der Waals surface area contributed by atoms with Gasteiger partial charge >= 0.3 is 0 Å². The first-order chi connectivity index (χ1) is 9.36. The molecule has 1 aliphatic heterocycles. The third-order valence-electron chi connectivity index (χ3n) is 4.57. The minimum atomic E-state index is 0.210. The molecule has 19 heavy (non-hydrogen) atoms. The molecular weight excluding hydrogens is 234 g/mol. The maximum Gasteiger partial charge on any atom is 0.0981 e. The standard InChI is InChI=1S/C17H17NO/c1-3-13-11-17(7-2-9-18-17)8-5-16(13)15(4-1)14-6-10-19-12-14/h1,3-4,6,9-10,12H,2,5,7-8,11H2. The Morgan fingerprint density at radius 2 is 2.16 bits per heavy atom. The van der Waals surface area contributed by atoms with Gasteiger partial charge in [0.05, 0.1) is 18.1 Å². The van der Waals surface area contributed by atoms with Gasteiger partial charge in [-0.15, -0.1) is 0 Å². The lowest BCUT2D eigenvalue weighted by Gasteiger charge is -2.33. The van der Waals surface area contributed by atoms with Gasteiger partial charge in [-0.2, -0.15) is 0 Å². The van der Waals surface area contributed by atoms with Gasteiger partial charge in [0.15, 0.2) is 0 Å². The molecule has 0 fully saturated rings. The van der Waals surface area contributed by atoms with E-state index in [-0.39, 0.29) is 5.54 Å². The summed E-state index contributed by atoms with van der Waals surface area (Å²) < 4.78 is 5.23. The van der Waals surface area contributed by atoms with E-state index in [1.165, 1.54) is 35.1 Å². The molecule has 1 aromatic heterocycles. The molecule has 96 valence electrons. The van der Waals surface area contributed by atoms with E-state index < -0.39 is 0 Å². The van der Waals surface area contributed by atoms with Gasteiger partial charge in [-0.05, 0) is 61.1 Å². The minimum absolute atomic E-state index is 0.210. The number of furan rings is 1. The van der Waals surface area contributed by atoms with Gasteiger partial charge in [-0.1, -0.05) is 18.2 Å². The van der Waals surface area contributed by atoms with Crippen LogP contribution in [0.5, 0.6) is 0 Å². The first-order valence-electron chi connectivity index (χ1n) is 7.03. The Morgan fingerprint density at radius 3 is 2.95 bits per heavy atom. The molecule has 2 heteroatoms. The van der Waals surface area contributed by atoms with Crippen LogP contribution in [-0.4, -0.2) is 11.8 Å². The Morgan fingerprint density at radius 1 is 1.16 bits per heavy atom. The van der Waals surface area contributed by atoms with Crippen molar-refractivity contribution in [2.45, 2.75) is 37.6 Å². The van der Waals surface area contributed by atoms with Crippen molar-refractivity contribution < 1.29 is 4.42 Å². The number of benzene rings is 1. The van der Waals surface area contributed by atoms with E-state index in [0.717, 1.165) is 19.3 Å². The number of nitrogens with zero attached hydrogens (tertiary/aromatic N) is 1. The van der Waals surface area contributed by atoms with Crippen LogP contribution in [0.25, 0.3) is 11.1 Å². The van der Waals surface area contributed by atoms with Crippen molar-refractivity contribution in [2.75, 3.05) is 0 Å². The van der Waals surface area contributed by atoms with Gasteiger partial charge in [-0.3, -0.25) is 4.99 Å². The Kier molecular flexibility index (Phi) is 2.37. The van der Waals surface area contributed by atoms with Gasteiger partial charge in [0, 0.05) is 5.56 Å². The Hall–Kier alpha value is -1.83. The molecular formula is C17H17NO. The van der Waals surface area contributed by atoms with Crippen molar-refractivity contribution in [1.82, 2.24) is 0 Å². The molecule has 1 aromatic carbocycles. The second kappa shape index (κ2) is 4.09. The molecule has 2 aromatic rings. The van der Waals surface area contributed by atoms with Gasteiger partial charge in [0.2, 0.25) is 0 Å². The summed E-state index contributed by atoms with van der Waals surface area (Å²) in [7, 11) is 0. The lowest BCUT2D eigenvalue weighted by Crippen LogP contribution is -2.31. The SMILES string of the molecule is C1=NC2(CC1)CCc1c(cccc1-c1ccoc1)C2. The lowest BCUT2D eigenvalue weighted by atomic mass is 9.75. The number of hydrogen-bond donors (Lipinski definition) is 0. The molecule has 0 radical (unpaired) electrons. The molecule has 2 aliphatic rings. The fourth-order valence-corrected chi connectivity index (χ4v) is 3.56. The highest BCUT2D eigenvalue weighted by molar-refractivity contribution is 5.69. The largest absolute Gasteiger partial charge is 0.472 e.